The van der Waals surface area contributed by atoms with Crippen LogP contribution >= 0.6 is 0 Å². The summed E-state index contributed by atoms with van der Waals surface area (Å²) < 4.78 is 2.02. The summed E-state index contributed by atoms with van der Waals surface area (Å²) in [6.45, 7) is 14.5. The third-order valence-electron chi connectivity index (χ3n) is 5.46. The standard InChI is InChI=1S/C24H28N4/c1-4-20-9-10-24-26-23(17-28(24)15-20)19(3)25-13-18(2)14-27-12-11-21-7-5-6-8-22(21)16-27/h4-10,15,17-18,25H,1,3,11-14,16H2,2H3. The van der Waals surface area contributed by atoms with Gasteiger partial charge in [0.1, 0.15) is 11.3 Å². The Morgan fingerprint density at radius 3 is 2.86 bits per heavy atom. The topological polar surface area (TPSA) is 32.6 Å². The first-order valence-corrected chi connectivity index (χ1v) is 9.96. The number of imidazole rings is 1. The minimum absolute atomic E-state index is 0.534. The van der Waals surface area contributed by atoms with Gasteiger partial charge >= 0.3 is 0 Å². The van der Waals surface area contributed by atoms with Gasteiger partial charge in [-0.2, -0.15) is 0 Å². The zero-order chi connectivity index (χ0) is 19.5. The van der Waals surface area contributed by atoms with Gasteiger partial charge in [-0.3, -0.25) is 4.90 Å². The molecule has 0 amide bonds. The number of fused-ring (bicyclic) bond motifs is 2. The Hall–Kier alpha value is -2.85. The molecule has 3 aromatic rings. The van der Waals surface area contributed by atoms with Crippen LogP contribution in [0.4, 0.5) is 0 Å². The maximum Gasteiger partial charge on any atom is 0.137 e. The Balaban J connectivity index is 1.31. The highest BCUT2D eigenvalue weighted by molar-refractivity contribution is 5.62. The van der Waals surface area contributed by atoms with Gasteiger partial charge in [0.15, 0.2) is 0 Å². The molecule has 0 saturated carbocycles. The molecule has 144 valence electrons. The van der Waals surface area contributed by atoms with E-state index in [0.717, 1.165) is 55.2 Å². The van der Waals surface area contributed by atoms with E-state index >= 15 is 0 Å². The fraction of sp³-hybridized carbons (Fsp3) is 0.292. The van der Waals surface area contributed by atoms with Crippen molar-refractivity contribution in [3.05, 3.63) is 84.3 Å². The van der Waals surface area contributed by atoms with Crippen LogP contribution < -0.4 is 5.32 Å². The molecule has 0 aliphatic carbocycles. The van der Waals surface area contributed by atoms with Gasteiger partial charge in [0.25, 0.3) is 0 Å². The van der Waals surface area contributed by atoms with Gasteiger partial charge < -0.3 is 9.72 Å². The Bertz CT molecular complexity index is 1000. The fourth-order valence-corrected chi connectivity index (χ4v) is 3.88. The van der Waals surface area contributed by atoms with Crippen LogP contribution in [-0.4, -0.2) is 33.9 Å². The van der Waals surface area contributed by atoms with Gasteiger partial charge in [-0.25, -0.2) is 4.98 Å². The van der Waals surface area contributed by atoms with Gasteiger partial charge in [0, 0.05) is 38.6 Å². The van der Waals surface area contributed by atoms with Crippen LogP contribution in [0.2, 0.25) is 0 Å². The van der Waals surface area contributed by atoms with Crippen LogP contribution in [0, 0.1) is 5.92 Å². The molecule has 2 aromatic heterocycles. The highest BCUT2D eigenvalue weighted by atomic mass is 15.1. The molecule has 1 unspecified atom stereocenters. The number of aromatic nitrogens is 2. The Morgan fingerprint density at radius 2 is 2.04 bits per heavy atom. The average molecular weight is 373 g/mol. The van der Waals surface area contributed by atoms with E-state index in [0.29, 0.717) is 5.92 Å². The van der Waals surface area contributed by atoms with E-state index < -0.39 is 0 Å². The van der Waals surface area contributed by atoms with E-state index in [1.54, 1.807) is 0 Å². The molecule has 4 heteroatoms. The summed E-state index contributed by atoms with van der Waals surface area (Å²) in [6, 6.07) is 12.8. The van der Waals surface area contributed by atoms with E-state index in [1.807, 2.05) is 35.0 Å². The van der Waals surface area contributed by atoms with Crippen LogP contribution in [-0.2, 0) is 13.0 Å². The van der Waals surface area contributed by atoms with Crippen molar-refractivity contribution in [3.8, 4) is 0 Å². The van der Waals surface area contributed by atoms with Crippen molar-refractivity contribution in [3.63, 3.8) is 0 Å². The predicted molar refractivity (Wildman–Crippen MR) is 117 cm³/mol. The molecular formula is C24H28N4. The fourth-order valence-electron chi connectivity index (χ4n) is 3.88. The van der Waals surface area contributed by atoms with Gasteiger partial charge in [-0.15, -0.1) is 0 Å². The highest BCUT2D eigenvalue weighted by Gasteiger charge is 2.17. The first kappa shape index (κ1) is 18.5. The second-order valence-corrected chi connectivity index (χ2v) is 7.78. The van der Waals surface area contributed by atoms with Gasteiger partial charge in [-0.1, -0.05) is 50.4 Å². The van der Waals surface area contributed by atoms with Crippen LogP contribution in [0.5, 0.6) is 0 Å². The van der Waals surface area contributed by atoms with E-state index in [1.165, 1.54) is 11.1 Å². The van der Waals surface area contributed by atoms with Gasteiger partial charge in [0.2, 0.25) is 0 Å². The maximum absolute atomic E-state index is 4.66. The number of nitrogens with one attached hydrogen (secondary N) is 1. The molecule has 1 aliphatic rings. The number of pyridine rings is 1. The lowest BCUT2D eigenvalue weighted by molar-refractivity contribution is 0.220. The highest BCUT2D eigenvalue weighted by Crippen LogP contribution is 2.19. The Kier molecular flexibility index (Phi) is 5.31. The van der Waals surface area contributed by atoms with Crippen molar-refractivity contribution in [1.29, 1.82) is 0 Å². The molecule has 0 spiro atoms. The lowest BCUT2D eigenvalue weighted by Crippen LogP contribution is -2.36. The Labute approximate surface area is 167 Å². The van der Waals surface area contributed by atoms with Crippen LogP contribution in [0.3, 0.4) is 0 Å². The van der Waals surface area contributed by atoms with Crippen molar-refractivity contribution >= 4 is 17.4 Å². The zero-order valence-electron chi connectivity index (χ0n) is 16.6. The number of hydrogen-bond acceptors (Lipinski definition) is 3. The van der Waals surface area contributed by atoms with Crippen molar-refractivity contribution in [2.24, 2.45) is 5.92 Å². The van der Waals surface area contributed by atoms with E-state index in [4.69, 9.17) is 0 Å². The smallest absolute Gasteiger partial charge is 0.137 e. The molecule has 0 radical (unpaired) electrons. The van der Waals surface area contributed by atoms with E-state index in [2.05, 4.69) is 59.5 Å². The number of benzene rings is 1. The van der Waals surface area contributed by atoms with Crippen molar-refractivity contribution < 1.29 is 0 Å². The second-order valence-electron chi connectivity index (χ2n) is 7.78. The third-order valence-corrected chi connectivity index (χ3v) is 5.46. The quantitative estimate of drug-likeness (QED) is 0.674. The molecular weight excluding hydrogens is 344 g/mol. The van der Waals surface area contributed by atoms with E-state index in [9.17, 15) is 0 Å². The second kappa shape index (κ2) is 8.03. The zero-order valence-corrected chi connectivity index (χ0v) is 16.6. The van der Waals surface area contributed by atoms with Crippen LogP contribution in [0.1, 0.15) is 29.3 Å². The summed E-state index contributed by atoms with van der Waals surface area (Å²) in [4.78, 5) is 7.22. The molecule has 3 heterocycles. The molecule has 4 rings (SSSR count). The van der Waals surface area contributed by atoms with Crippen molar-refractivity contribution in [2.75, 3.05) is 19.6 Å². The maximum atomic E-state index is 4.66. The van der Waals surface area contributed by atoms with Gasteiger partial charge in [0.05, 0.1) is 5.70 Å². The minimum atomic E-state index is 0.534. The normalized spacial score (nSPS) is 15.2. The summed E-state index contributed by atoms with van der Waals surface area (Å²) in [7, 11) is 0. The van der Waals surface area contributed by atoms with E-state index in [-0.39, 0.29) is 0 Å². The number of nitrogens with zero attached hydrogens (tertiary/aromatic N) is 3. The first-order chi connectivity index (χ1) is 13.6. The van der Waals surface area contributed by atoms with Gasteiger partial charge in [-0.05, 0) is 41.2 Å². The first-order valence-electron chi connectivity index (χ1n) is 9.96. The minimum Gasteiger partial charge on any atom is -0.383 e. The van der Waals surface area contributed by atoms with Crippen molar-refractivity contribution in [1.82, 2.24) is 19.6 Å². The lowest BCUT2D eigenvalue weighted by atomic mass is 9.99. The largest absolute Gasteiger partial charge is 0.383 e. The predicted octanol–water partition coefficient (Wildman–Crippen LogP) is 4.23. The summed E-state index contributed by atoms with van der Waals surface area (Å²) in [5, 5.41) is 3.48. The monoisotopic (exact) mass is 372 g/mol. The molecule has 0 bridgehead atoms. The summed E-state index contributed by atoms with van der Waals surface area (Å²) in [5.41, 5.74) is 6.74. The van der Waals surface area contributed by atoms with Crippen LogP contribution in [0.15, 0.2) is 61.9 Å². The molecule has 0 fully saturated rings. The summed E-state index contributed by atoms with van der Waals surface area (Å²) >= 11 is 0. The summed E-state index contributed by atoms with van der Waals surface area (Å²) in [6.07, 6.45) is 7.04. The lowest BCUT2D eigenvalue weighted by Gasteiger charge is -2.31. The molecule has 1 aliphatic heterocycles. The molecule has 0 saturated heterocycles. The number of rotatable bonds is 7. The molecule has 1 atom stereocenters. The van der Waals surface area contributed by atoms with Crippen LogP contribution in [0.25, 0.3) is 17.4 Å². The molecule has 4 nitrogen and oxygen atoms in total. The molecule has 1 aromatic carbocycles. The average Bonchev–Trinajstić information content (AvgIpc) is 3.15. The summed E-state index contributed by atoms with van der Waals surface area (Å²) in [5.74, 6) is 0.534. The Morgan fingerprint density at radius 1 is 1.21 bits per heavy atom. The third kappa shape index (κ3) is 4.02. The number of hydrogen-bond donors (Lipinski definition) is 1. The molecule has 1 N–H and O–H groups in total. The SMILES string of the molecule is C=Cc1ccc2nc(C(=C)NCC(C)CN3CCc4ccccc4C3)cn2c1. The van der Waals surface area contributed by atoms with Crippen molar-refractivity contribution in [2.45, 2.75) is 19.9 Å². The molecule has 28 heavy (non-hydrogen) atoms.